The van der Waals surface area contributed by atoms with E-state index in [1.165, 1.54) is 0 Å². The molecular formula is C18H23N3O5. The first-order chi connectivity index (χ1) is 12.4. The molecule has 26 heavy (non-hydrogen) atoms. The van der Waals surface area contributed by atoms with Crippen LogP contribution in [0.5, 0.6) is 0 Å². The third-order valence-corrected chi connectivity index (χ3v) is 4.13. The molecule has 0 spiro atoms. The Morgan fingerprint density at radius 1 is 1.23 bits per heavy atom. The van der Waals surface area contributed by atoms with Crippen LogP contribution in [0.1, 0.15) is 32.3 Å². The molecule has 2 rings (SSSR count). The van der Waals surface area contributed by atoms with Crippen LogP contribution in [0.4, 0.5) is 4.79 Å². The third kappa shape index (κ3) is 4.38. The zero-order valence-electron chi connectivity index (χ0n) is 14.9. The zero-order valence-corrected chi connectivity index (χ0v) is 14.9. The lowest BCUT2D eigenvalue weighted by atomic mass is 9.92. The number of amides is 4. The Morgan fingerprint density at radius 2 is 1.92 bits per heavy atom. The van der Waals surface area contributed by atoms with Crippen molar-refractivity contribution in [2.45, 2.75) is 32.2 Å². The van der Waals surface area contributed by atoms with Crippen molar-refractivity contribution >= 4 is 23.8 Å². The highest BCUT2D eigenvalue weighted by Gasteiger charge is 2.49. The Bertz CT molecular complexity index is 691. The second-order valence-corrected chi connectivity index (χ2v) is 6.18. The molecule has 0 unspecified atom stereocenters. The summed E-state index contributed by atoms with van der Waals surface area (Å²) < 4.78 is 4.84. The fourth-order valence-corrected chi connectivity index (χ4v) is 2.58. The fraction of sp³-hybridized carbons (Fsp3) is 0.444. The molecule has 2 N–H and O–H groups in total. The average Bonchev–Trinajstić information content (AvgIpc) is 2.85. The highest BCUT2D eigenvalue weighted by atomic mass is 16.5. The third-order valence-electron chi connectivity index (χ3n) is 4.13. The molecule has 8 heteroatoms. The molecule has 0 saturated carbocycles. The van der Waals surface area contributed by atoms with Crippen molar-refractivity contribution in [1.29, 1.82) is 0 Å². The summed E-state index contributed by atoms with van der Waals surface area (Å²) in [6.07, 6.45) is 1.77. The van der Waals surface area contributed by atoms with Gasteiger partial charge in [0.15, 0.2) is 6.61 Å². The van der Waals surface area contributed by atoms with Crippen molar-refractivity contribution in [1.82, 2.24) is 15.5 Å². The molecule has 140 valence electrons. The number of unbranched alkanes of at least 4 members (excludes halogenated alkanes) is 1. The molecule has 1 heterocycles. The number of benzene rings is 1. The number of nitrogens with one attached hydrogen (secondary N) is 2. The summed E-state index contributed by atoms with van der Waals surface area (Å²) in [4.78, 5) is 49.0. The first-order valence-electron chi connectivity index (χ1n) is 8.50. The van der Waals surface area contributed by atoms with E-state index in [1.807, 2.05) is 6.92 Å². The number of nitrogens with zero attached hydrogens (tertiary/aromatic N) is 1. The number of carbonyl (C=O) groups excluding carboxylic acids is 4. The minimum absolute atomic E-state index is 0.418. The van der Waals surface area contributed by atoms with Crippen LogP contribution in [0.2, 0.25) is 0 Å². The minimum Gasteiger partial charge on any atom is -0.454 e. The largest absolute Gasteiger partial charge is 0.454 e. The molecule has 1 aliphatic rings. The molecule has 1 aliphatic heterocycles. The Labute approximate surface area is 151 Å². The Kier molecular flexibility index (Phi) is 6.32. The van der Waals surface area contributed by atoms with Crippen LogP contribution in [0.3, 0.4) is 0 Å². The second kappa shape index (κ2) is 8.46. The van der Waals surface area contributed by atoms with Crippen molar-refractivity contribution < 1.29 is 23.9 Å². The van der Waals surface area contributed by atoms with E-state index < -0.39 is 42.5 Å². The molecule has 1 fully saturated rings. The van der Waals surface area contributed by atoms with Crippen LogP contribution in [-0.2, 0) is 24.7 Å². The second-order valence-electron chi connectivity index (χ2n) is 6.18. The van der Waals surface area contributed by atoms with Crippen LogP contribution in [-0.4, -0.2) is 48.4 Å². The normalized spacial score (nSPS) is 19.2. The number of hydrogen-bond acceptors (Lipinski definition) is 5. The van der Waals surface area contributed by atoms with Gasteiger partial charge >= 0.3 is 12.0 Å². The Balaban J connectivity index is 1.91. The molecule has 4 amide bonds. The van der Waals surface area contributed by atoms with E-state index in [2.05, 4.69) is 10.6 Å². The summed E-state index contributed by atoms with van der Waals surface area (Å²) in [5.74, 6) is -1.78. The monoisotopic (exact) mass is 361 g/mol. The van der Waals surface area contributed by atoms with Crippen LogP contribution in [0, 0.1) is 0 Å². The van der Waals surface area contributed by atoms with Gasteiger partial charge in [-0.25, -0.2) is 4.79 Å². The van der Waals surface area contributed by atoms with E-state index in [0.29, 0.717) is 12.1 Å². The fourth-order valence-electron chi connectivity index (χ4n) is 2.58. The van der Waals surface area contributed by atoms with E-state index in [9.17, 15) is 19.2 Å². The van der Waals surface area contributed by atoms with Crippen LogP contribution < -0.4 is 10.6 Å². The molecular weight excluding hydrogens is 338 g/mol. The molecule has 0 bridgehead atoms. The average molecular weight is 361 g/mol. The van der Waals surface area contributed by atoms with E-state index in [-0.39, 0.29) is 0 Å². The first-order valence-corrected chi connectivity index (χ1v) is 8.50. The summed E-state index contributed by atoms with van der Waals surface area (Å²) in [5, 5.41) is 5.21. The predicted octanol–water partition coefficient (Wildman–Crippen LogP) is 0.913. The maximum absolute atomic E-state index is 12.6. The summed E-state index contributed by atoms with van der Waals surface area (Å²) in [6.45, 7) is 3.09. The van der Waals surface area contributed by atoms with E-state index in [0.717, 1.165) is 17.7 Å². The highest BCUT2D eigenvalue weighted by molar-refractivity contribution is 6.08. The summed E-state index contributed by atoms with van der Waals surface area (Å²) in [5.41, 5.74) is -0.625. The van der Waals surface area contributed by atoms with E-state index in [4.69, 9.17) is 4.74 Å². The molecule has 1 aromatic carbocycles. The molecule has 1 atom stereocenters. The topological polar surface area (TPSA) is 105 Å². The van der Waals surface area contributed by atoms with Crippen LogP contribution in [0.15, 0.2) is 30.3 Å². The van der Waals surface area contributed by atoms with Crippen LogP contribution >= 0.6 is 0 Å². The standard InChI is InChI=1S/C18H23N3O5/c1-3-4-10-19-14(22)12-26-15(23)11-21-16(24)18(2,20-17(21)25)13-8-6-5-7-9-13/h5-9H,3-4,10-12H2,1-2H3,(H,19,22)(H,20,25)/t18-/m0/s1. The number of esters is 1. The molecule has 0 aliphatic carbocycles. The maximum Gasteiger partial charge on any atom is 0.326 e. The SMILES string of the molecule is CCCCNC(=O)COC(=O)CN1C(=O)N[C@@](C)(c2ccccc2)C1=O. The van der Waals surface area contributed by atoms with Gasteiger partial charge in [0.2, 0.25) is 0 Å². The molecule has 8 nitrogen and oxygen atoms in total. The van der Waals surface area contributed by atoms with Gasteiger partial charge in [0, 0.05) is 6.54 Å². The van der Waals surface area contributed by atoms with Gasteiger partial charge < -0.3 is 15.4 Å². The van der Waals surface area contributed by atoms with Gasteiger partial charge in [-0.1, -0.05) is 43.7 Å². The van der Waals surface area contributed by atoms with Gasteiger partial charge in [-0.2, -0.15) is 0 Å². The first kappa shape index (κ1) is 19.4. The van der Waals surface area contributed by atoms with Gasteiger partial charge in [0.25, 0.3) is 11.8 Å². The smallest absolute Gasteiger partial charge is 0.326 e. The summed E-state index contributed by atoms with van der Waals surface area (Å²) in [7, 11) is 0. The van der Waals surface area contributed by atoms with Crippen molar-refractivity contribution in [2.75, 3.05) is 19.7 Å². The number of urea groups is 1. The number of imide groups is 1. The summed E-state index contributed by atoms with van der Waals surface area (Å²) in [6, 6.07) is 8.09. The zero-order chi connectivity index (χ0) is 19.2. The number of rotatable bonds is 8. The quantitative estimate of drug-likeness (QED) is 0.407. The highest BCUT2D eigenvalue weighted by Crippen LogP contribution is 2.28. The van der Waals surface area contributed by atoms with Crippen molar-refractivity contribution in [3.8, 4) is 0 Å². The predicted molar refractivity (Wildman–Crippen MR) is 92.9 cm³/mol. The minimum atomic E-state index is -1.24. The Hall–Kier alpha value is -2.90. The lowest BCUT2D eigenvalue weighted by molar-refractivity contribution is -0.151. The Morgan fingerprint density at radius 3 is 2.58 bits per heavy atom. The van der Waals surface area contributed by atoms with Gasteiger partial charge in [-0.15, -0.1) is 0 Å². The van der Waals surface area contributed by atoms with Crippen molar-refractivity contribution in [3.63, 3.8) is 0 Å². The maximum atomic E-state index is 12.6. The van der Waals surface area contributed by atoms with Gasteiger partial charge in [-0.05, 0) is 18.9 Å². The van der Waals surface area contributed by atoms with Gasteiger partial charge in [0.1, 0.15) is 12.1 Å². The van der Waals surface area contributed by atoms with E-state index >= 15 is 0 Å². The lowest BCUT2D eigenvalue weighted by Gasteiger charge is -2.21. The number of hydrogen-bond donors (Lipinski definition) is 2. The van der Waals surface area contributed by atoms with Crippen molar-refractivity contribution in [3.05, 3.63) is 35.9 Å². The summed E-state index contributed by atoms with van der Waals surface area (Å²) >= 11 is 0. The molecule has 0 radical (unpaired) electrons. The number of ether oxygens (including phenoxy) is 1. The number of carbonyl (C=O) groups is 4. The van der Waals surface area contributed by atoms with Crippen molar-refractivity contribution in [2.24, 2.45) is 0 Å². The molecule has 1 saturated heterocycles. The molecule has 1 aromatic rings. The van der Waals surface area contributed by atoms with E-state index in [1.54, 1.807) is 37.3 Å². The van der Waals surface area contributed by atoms with Crippen LogP contribution in [0.25, 0.3) is 0 Å². The molecule has 0 aromatic heterocycles. The van der Waals surface area contributed by atoms with Gasteiger partial charge in [0.05, 0.1) is 0 Å². The van der Waals surface area contributed by atoms with Gasteiger partial charge in [-0.3, -0.25) is 19.3 Å². The lowest BCUT2D eigenvalue weighted by Crippen LogP contribution is -2.42.